The maximum atomic E-state index is 12.7. The van der Waals surface area contributed by atoms with Crippen LogP contribution >= 0.6 is 0 Å². The van der Waals surface area contributed by atoms with Crippen LogP contribution in [0.5, 0.6) is 17.2 Å². The van der Waals surface area contributed by atoms with E-state index in [1.807, 2.05) is 61.5 Å². The number of hydrogen-bond acceptors (Lipinski definition) is 5. The van der Waals surface area contributed by atoms with Gasteiger partial charge >= 0.3 is 6.03 Å². The van der Waals surface area contributed by atoms with Crippen molar-refractivity contribution in [2.75, 3.05) is 12.4 Å². The van der Waals surface area contributed by atoms with Crippen molar-refractivity contribution in [3.63, 3.8) is 0 Å². The third kappa shape index (κ3) is 5.04. The van der Waals surface area contributed by atoms with Gasteiger partial charge in [0.25, 0.3) is 0 Å². The van der Waals surface area contributed by atoms with Crippen molar-refractivity contribution in [3.8, 4) is 17.2 Å². The molecule has 0 spiro atoms. The quantitative estimate of drug-likeness (QED) is 0.391. The molecular formula is C24H23N5O3. The molecule has 1 atom stereocenters. The molecule has 0 fully saturated rings. The summed E-state index contributed by atoms with van der Waals surface area (Å²) in [6, 6.07) is 23.2. The van der Waals surface area contributed by atoms with E-state index in [9.17, 15) is 4.79 Å². The van der Waals surface area contributed by atoms with Gasteiger partial charge in [-0.2, -0.15) is 5.10 Å². The Labute approximate surface area is 185 Å². The van der Waals surface area contributed by atoms with Gasteiger partial charge in [-0.05, 0) is 48.9 Å². The number of anilines is 1. The second kappa shape index (κ2) is 9.65. The zero-order chi connectivity index (χ0) is 22.3. The van der Waals surface area contributed by atoms with Crippen LogP contribution in [0.4, 0.5) is 10.5 Å². The van der Waals surface area contributed by atoms with Crippen LogP contribution < -0.4 is 20.1 Å². The lowest BCUT2D eigenvalue weighted by Crippen LogP contribution is -2.33. The maximum absolute atomic E-state index is 12.7. The molecule has 0 bridgehead atoms. The first-order chi connectivity index (χ1) is 15.6. The fraction of sp³-hybridized carbons (Fsp3) is 0.125. The summed E-state index contributed by atoms with van der Waals surface area (Å²) in [5.74, 6) is 3.04. The van der Waals surface area contributed by atoms with Gasteiger partial charge < -0.3 is 20.1 Å². The number of para-hydroxylation sites is 2. The van der Waals surface area contributed by atoms with E-state index in [-0.39, 0.29) is 6.03 Å². The molecule has 1 heterocycles. The number of carbonyl (C=O) groups excluding carboxylic acids is 1. The Bertz CT molecular complexity index is 1180. The standard InChI is InChI=1S/C24H23N5O3/c1-16-25-23(29-28-16)22(17-8-4-3-5-9-17)27-24(30)26-18-12-14-19(15-13-18)32-21-11-7-6-10-20(21)31-2/h3-15,22H,1-2H3,(H,25,28,29)(H2,26,27,30). The smallest absolute Gasteiger partial charge is 0.320 e. The lowest BCUT2D eigenvalue weighted by Gasteiger charge is -2.17. The average molecular weight is 429 g/mol. The number of rotatable bonds is 7. The Hall–Kier alpha value is -4.33. The molecule has 3 N–H and O–H groups in total. The van der Waals surface area contributed by atoms with E-state index in [1.165, 1.54) is 0 Å². The van der Waals surface area contributed by atoms with E-state index in [1.54, 1.807) is 31.4 Å². The van der Waals surface area contributed by atoms with Crippen LogP contribution in [0.2, 0.25) is 0 Å². The number of methoxy groups -OCH3 is 1. The van der Waals surface area contributed by atoms with Crippen LogP contribution in [0.15, 0.2) is 78.9 Å². The fourth-order valence-electron chi connectivity index (χ4n) is 3.17. The van der Waals surface area contributed by atoms with Crippen LogP contribution in [0, 0.1) is 6.92 Å². The van der Waals surface area contributed by atoms with E-state index in [0.29, 0.717) is 34.6 Å². The molecule has 0 saturated carbocycles. The number of aryl methyl sites for hydroxylation is 1. The van der Waals surface area contributed by atoms with Gasteiger partial charge in [0.05, 0.1) is 7.11 Å². The molecule has 2 amide bonds. The summed E-state index contributed by atoms with van der Waals surface area (Å²) in [6.07, 6.45) is 0. The first-order valence-corrected chi connectivity index (χ1v) is 10.0. The Morgan fingerprint density at radius 1 is 0.938 bits per heavy atom. The zero-order valence-corrected chi connectivity index (χ0v) is 17.7. The summed E-state index contributed by atoms with van der Waals surface area (Å²) in [7, 11) is 1.59. The van der Waals surface area contributed by atoms with Gasteiger partial charge in [0, 0.05) is 5.69 Å². The monoisotopic (exact) mass is 429 g/mol. The van der Waals surface area contributed by atoms with Crippen molar-refractivity contribution in [2.24, 2.45) is 0 Å². The highest BCUT2D eigenvalue weighted by Crippen LogP contribution is 2.31. The topological polar surface area (TPSA) is 101 Å². The van der Waals surface area contributed by atoms with Gasteiger partial charge in [0.15, 0.2) is 17.3 Å². The summed E-state index contributed by atoms with van der Waals surface area (Å²) < 4.78 is 11.2. The molecule has 8 nitrogen and oxygen atoms in total. The normalized spacial score (nSPS) is 11.4. The van der Waals surface area contributed by atoms with Gasteiger partial charge in [0.2, 0.25) is 0 Å². The van der Waals surface area contributed by atoms with Crippen molar-refractivity contribution in [2.45, 2.75) is 13.0 Å². The number of ether oxygens (including phenoxy) is 2. The molecule has 3 aromatic carbocycles. The molecule has 1 aromatic heterocycles. The van der Waals surface area contributed by atoms with E-state index in [2.05, 4.69) is 25.8 Å². The van der Waals surface area contributed by atoms with Gasteiger partial charge in [-0.1, -0.05) is 42.5 Å². The van der Waals surface area contributed by atoms with Crippen molar-refractivity contribution in [1.82, 2.24) is 20.5 Å². The molecule has 8 heteroatoms. The van der Waals surface area contributed by atoms with Crippen LogP contribution in [0.1, 0.15) is 23.3 Å². The summed E-state index contributed by atoms with van der Waals surface area (Å²) in [4.78, 5) is 17.1. The number of hydrogen-bond donors (Lipinski definition) is 3. The van der Waals surface area contributed by atoms with Gasteiger partial charge in [-0.25, -0.2) is 9.78 Å². The minimum Gasteiger partial charge on any atom is -0.493 e. The summed E-state index contributed by atoms with van der Waals surface area (Å²) >= 11 is 0. The number of nitrogens with zero attached hydrogens (tertiary/aromatic N) is 2. The number of nitrogens with one attached hydrogen (secondary N) is 3. The van der Waals surface area contributed by atoms with Crippen molar-refractivity contribution in [1.29, 1.82) is 0 Å². The third-order valence-corrected chi connectivity index (χ3v) is 4.69. The molecule has 1 unspecified atom stereocenters. The second-order valence-corrected chi connectivity index (χ2v) is 7.00. The molecule has 0 aliphatic heterocycles. The Kier molecular flexibility index (Phi) is 6.31. The SMILES string of the molecule is COc1ccccc1Oc1ccc(NC(=O)NC(c2ccccc2)c2n[nH]c(C)n2)cc1. The number of H-pyrrole nitrogens is 1. The molecule has 0 radical (unpaired) electrons. The zero-order valence-electron chi connectivity index (χ0n) is 17.7. The van der Waals surface area contributed by atoms with Crippen LogP contribution in [-0.4, -0.2) is 28.3 Å². The predicted octanol–water partition coefficient (Wildman–Crippen LogP) is 4.83. The molecule has 0 aliphatic rings. The molecule has 32 heavy (non-hydrogen) atoms. The largest absolute Gasteiger partial charge is 0.493 e. The molecule has 0 saturated heterocycles. The minimum atomic E-state index is -0.491. The van der Waals surface area contributed by atoms with Crippen molar-refractivity contribution < 1.29 is 14.3 Å². The highest BCUT2D eigenvalue weighted by Gasteiger charge is 2.21. The van der Waals surface area contributed by atoms with Gasteiger partial charge in [-0.15, -0.1) is 0 Å². The van der Waals surface area contributed by atoms with Gasteiger partial charge in [-0.3, -0.25) is 5.10 Å². The first-order valence-electron chi connectivity index (χ1n) is 10.0. The second-order valence-electron chi connectivity index (χ2n) is 7.00. The van der Waals surface area contributed by atoms with E-state index in [4.69, 9.17) is 9.47 Å². The highest BCUT2D eigenvalue weighted by molar-refractivity contribution is 5.89. The van der Waals surface area contributed by atoms with Crippen LogP contribution in [-0.2, 0) is 0 Å². The summed E-state index contributed by atoms with van der Waals surface area (Å²) in [6.45, 7) is 1.81. The van der Waals surface area contributed by atoms with Crippen LogP contribution in [0.3, 0.4) is 0 Å². The Morgan fingerprint density at radius 3 is 2.28 bits per heavy atom. The fourth-order valence-corrected chi connectivity index (χ4v) is 3.17. The summed E-state index contributed by atoms with van der Waals surface area (Å²) in [5.41, 5.74) is 1.50. The highest BCUT2D eigenvalue weighted by atomic mass is 16.5. The number of urea groups is 1. The number of benzene rings is 3. The van der Waals surface area contributed by atoms with Gasteiger partial charge in [0.1, 0.15) is 17.6 Å². The van der Waals surface area contributed by atoms with Crippen molar-refractivity contribution >= 4 is 11.7 Å². The maximum Gasteiger partial charge on any atom is 0.320 e. The lowest BCUT2D eigenvalue weighted by molar-refractivity contribution is 0.249. The number of aromatic amines is 1. The summed E-state index contributed by atoms with van der Waals surface area (Å²) in [5, 5.41) is 12.8. The third-order valence-electron chi connectivity index (χ3n) is 4.69. The van der Waals surface area contributed by atoms with E-state index < -0.39 is 6.04 Å². The Balaban J connectivity index is 1.43. The number of aromatic nitrogens is 3. The average Bonchev–Trinajstić information content (AvgIpc) is 3.25. The van der Waals surface area contributed by atoms with Crippen LogP contribution in [0.25, 0.3) is 0 Å². The van der Waals surface area contributed by atoms with Crippen molar-refractivity contribution in [3.05, 3.63) is 96.1 Å². The predicted molar refractivity (Wildman–Crippen MR) is 121 cm³/mol. The number of carbonyl (C=O) groups is 1. The molecular weight excluding hydrogens is 406 g/mol. The van der Waals surface area contributed by atoms with E-state index in [0.717, 1.165) is 5.56 Å². The lowest BCUT2D eigenvalue weighted by atomic mass is 10.1. The molecule has 0 aliphatic carbocycles. The molecule has 4 rings (SSSR count). The first kappa shape index (κ1) is 20.9. The molecule has 162 valence electrons. The van der Waals surface area contributed by atoms with E-state index >= 15 is 0 Å². The minimum absolute atomic E-state index is 0.375. The number of amides is 2. The Morgan fingerprint density at radius 2 is 1.62 bits per heavy atom. The molecule has 4 aromatic rings.